The molecule has 0 aliphatic rings. The number of para-hydroxylation sites is 1. The van der Waals surface area contributed by atoms with Crippen LogP contribution >= 0.6 is 15.9 Å². The van der Waals surface area contributed by atoms with Gasteiger partial charge in [0.1, 0.15) is 5.82 Å². The molecule has 0 spiro atoms. The predicted octanol–water partition coefficient (Wildman–Crippen LogP) is 4.49. The van der Waals surface area contributed by atoms with Gasteiger partial charge in [-0.3, -0.25) is 9.36 Å². The fourth-order valence-electron chi connectivity index (χ4n) is 2.54. The van der Waals surface area contributed by atoms with Crippen LogP contribution in [0.2, 0.25) is 0 Å². The number of hydrogen-bond donors (Lipinski definition) is 0. The number of aromatic nitrogens is 2. The number of rotatable bonds is 4. The summed E-state index contributed by atoms with van der Waals surface area (Å²) in [5, 5.41) is 0.658. The van der Waals surface area contributed by atoms with Crippen molar-refractivity contribution in [2.24, 2.45) is 0 Å². The van der Waals surface area contributed by atoms with Crippen molar-refractivity contribution in [1.29, 1.82) is 0 Å². The van der Waals surface area contributed by atoms with Crippen molar-refractivity contribution in [3.8, 4) is 5.69 Å². The van der Waals surface area contributed by atoms with E-state index in [1.54, 1.807) is 4.57 Å². The van der Waals surface area contributed by atoms with Crippen molar-refractivity contribution in [3.63, 3.8) is 0 Å². The van der Waals surface area contributed by atoms with Crippen LogP contribution in [0.5, 0.6) is 0 Å². The van der Waals surface area contributed by atoms with Gasteiger partial charge in [0, 0.05) is 10.9 Å². The van der Waals surface area contributed by atoms with Crippen LogP contribution in [-0.4, -0.2) is 9.55 Å². The standard InChI is InChI=1S/C18H17BrN2O/c1-2-3-8-17-20-16-7-5-4-6-15(16)18(22)21(17)14-11-9-13(19)10-12-14/h4-7,9-12H,2-3,8H2,1H3. The molecule has 0 atom stereocenters. The first kappa shape index (κ1) is 15.0. The van der Waals surface area contributed by atoms with Crippen LogP contribution in [0.1, 0.15) is 25.6 Å². The Morgan fingerprint density at radius 1 is 1.09 bits per heavy atom. The molecule has 3 rings (SSSR count). The first-order valence-electron chi connectivity index (χ1n) is 7.47. The minimum atomic E-state index is -0.000902. The highest BCUT2D eigenvalue weighted by Crippen LogP contribution is 2.17. The molecule has 3 nitrogen and oxygen atoms in total. The minimum Gasteiger partial charge on any atom is -0.268 e. The number of aryl methyl sites for hydroxylation is 1. The zero-order chi connectivity index (χ0) is 15.5. The molecular weight excluding hydrogens is 340 g/mol. The average Bonchev–Trinajstić information content (AvgIpc) is 2.54. The summed E-state index contributed by atoms with van der Waals surface area (Å²) in [6.07, 6.45) is 2.89. The number of halogens is 1. The second kappa shape index (κ2) is 6.44. The number of nitrogens with zero attached hydrogens (tertiary/aromatic N) is 2. The van der Waals surface area contributed by atoms with Gasteiger partial charge in [-0.1, -0.05) is 41.4 Å². The monoisotopic (exact) mass is 356 g/mol. The Morgan fingerprint density at radius 2 is 1.82 bits per heavy atom. The summed E-state index contributed by atoms with van der Waals surface area (Å²) in [6.45, 7) is 2.14. The lowest BCUT2D eigenvalue weighted by Gasteiger charge is -2.13. The first-order valence-corrected chi connectivity index (χ1v) is 8.26. The lowest BCUT2D eigenvalue weighted by atomic mass is 10.2. The van der Waals surface area contributed by atoms with Gasteiger partial charge in [-0.15, -0.1) is 0 Å². The molecule has 1 heterocycles. The third-order valence-electron chi connectivity index (χ3n) is 3.68. The van der Waals surface area contributed by atoms with E-state index in [4.69, 9.17) is 4.98 Å². The molecule has 0 radical (unpaired) electrons. The largest absolute Gasteiger partial charge is 0.268 e. The van der Waals surface area contributed by atoms with Crippen LogP contribution in [0.4, 0.5) is 0 Å². The molecule has 1 aromatic heterocycles. The van der Waals surface area contributed by atoms with Crippen molar-refractivity contribution in [1.82, 2.24) is 9.55 Å². The van der Waals surface area contributed by atoms with Crippen LogP contribution in [0.25, 0.3) is 16.6 Å². The summed E-state index contributed by atoms with van der Waals surface area (Å²) in [5.41, 5.74) is 1.63. The van der Waals surface area contributed by atoms with Gasteiger partial charge in [0.05, 0.1) is 16.6 Å². The van der Waals surface area contributed by atoms with Crippen LogP contribution < -0.4 is 5.56 Å². The van der Waals surface area contributed by atoms with Gasteiger partial charge in [-0.05, 0) is 42.8 Å². The van der Waals surface area contributed by atoms with E-state index in [0.29, 0.717) is 5.39 Å². The summed E-state index contributed by atoms with van der Waals surface area (Å²) in [4.78, 5) is 17.6. The van der Waals surface area contributed by atoms with Crippen molar-refractivity contribution in [2.75, 3.05) is 0 Å². The van der Waals surface area contributed by atoms with Gasteiger partial charge in [0.25, 0.3) is 5.56 Å². The maximum Gasteiger partial charge on any atom is 0.265 e. The molecule has 0 saturated heterocycles. The Labute approximate surface area is 137 Å². The Hall–Kier alpha value is -1.94. The van der Waals surface area contributed by atoms with Gasteiger partial charge in [-0.25, -0.2) is 4.98 Å². The Morgan fingerprint density at radius 3 is 2.55 bits per heavy atom. The molecule has 0 saturated carbocycles. The van der Waals surface area contributed by atoms with E-state index >= 15 is 0 Å². The van der Waals surface area contributed by atoms with Crippen LogP contribution in [0.3, 0.4) is 0 Å². The molecule has 0 amide bonds. The molecule has 0 aliphatic heterocycles. The Balaban J connectivity index is 2.27. The summed E-state index contributed by atoms with van der Waals surface area (Å²) in [6, 6.07) is 15.3. The van der Waals surface area contributed by atoms with Gasteiger partial charge in [-0.2, -0.15) is 0 Å². The van der Waals surface area contributed by atoms with E-state index in [0.717, 1.165) is 40.8 Å². The van der Waals surface area contributed by atoms with Crippen molar-refractivity contribution in [3.05, 3.63) is 69.2 Å². The van der Waals surface area contributed by atoms with E-state index in [1.165, 1.54) is 0 Å². The predicted molar refractivity (Wildman–Crippen MR) is 93.7 cm³/mol. The maximum absolute atomic E-state index is 12.9. The van der Waals surface area contributed by atoms with Crippen LogP contribution in [0.15, 0.2) is 57.8 Å². The highest BCUT2D eigenvalue weighted by atomic mass is 79.9. The molecule has 0 bridgehead atoms. The number of benzene rings is 2. The third-order valence-corrected chi connectivity index (χ3v) is 4.21. The quantitative estimate of drug-likeness (QED) is 0.690. The second-order valence-electron chi connectivity index (χ2n) is 5.27. The van der Waals surface area contributed by atoms with E-state index in [1.807, 2.05) is 48.5 Å². The molecule has 22 heavy (non-hydrogen) atoms. The third kappa shape index (κ3) is 2.83. The molecule has 0 N–H and O–H groups in total. The van der Waals surface area contributed by atoms with Gasteiger partial charge >= 0.3 is 0 Å². The highest BCUT2D eigenvalue weighted by Gasteiger charge is 2.12. The molecule has 4 heteroatoms. The number of unbranched alkanes of at least 4 members (excludes halogenated alkanes) is 1. The van der Waals surface area contributed by atoms with Gasteiger partial charge < -0.3 is 0 Å². The molecular formula is C18H17BrN2O. The summed E-state index contributed by atoms with van der Waals surface area (Å²) in [5.74, 6) is 0.827. The molecule has 3 aromatic rings. The van der Waals surface area contributed by atoms with Crippen molar-refractivity contribution >= 4 is 26.8 Å². The first-order chi connectivity index (χ1) is 10.7. The lowest BCUT2D eigenvalue weighted by molar-refractivity contribution is 0.720. The van der Waals surface area contributed by atoms with Crippen LogP contribution in [0, 0.1) is 0 Å². The maximum atomic E-state index is 12.9. The van der Waals surface area contributed by atoms with Crippen molar-refractivity contribution < 1.29 is 0 Å². The Bertz CT molecular complexity index is 853. The molecule has 0 unspecified atom stereocenters. The second-order valence-corrected chi connectivity index (χ2v) is 6.18. The minimum absolute atomic E-state index is 0.000902. The summed E-state index contributed by atoms with van der Waals surface area (Å²) in [7, 11) is 0. The Kier molecular flexibility index (Phi) is 4.39. The zero-order valence-corrected chi connectivity index (χ0v) is 14.0. The number of hydrogen-bond acceptors (Lipinski definition) is 2. The molecule has 0 aliphatic carbocycles. The van der Waals surface area contributed by atoms with Gasteiger partial charge in [0.15, 0.2) is 0 Å². The van der Waals surface area contributed by atoms with Crippen LogP contribution in [-0.2, 0) is 6.42 Å². The van der Waals surface area contributed by atoms with Crippen molar-refractivity contribution in [2.45, 2.75) is 26.2 Å². The van der Waals surface area contributed by atoms with E-state index in [2.05, 4.69) is 22.9 Å². The van der Waals surface area contributed by atoms with E-state index in [9.17, 15) is 4.79 Å². The summed E-state index contributed by atoms with van der Waals surface area (Å²) < 4.78 is 2.73. The highest BCUT2D eigenvalue weighted by molar-refractivity contribution is 9.10. The topological polar surface area (TPSA) is 34.9 Å². The fraction of sp³-hybridized carbons (Fsp3) is 0.222. The zero-order valence-electron chi connectivity index (χ0n) is 12.4. The van der Waals surface area contributed by atoms with E-state index in [-0.39, 0.29) is 5.56 Å². The smallest absolute Gasteiger partial charge is 0.265 e. The average molecular weight is 357 g/mol. The number of fused-ring (bicyclic) bond motifs is 1. The van der Waals surface area contributed by atoms with Gasteiger partial charge in [0.2, 0.25) is 0 Å². The van der Waals surface area contributed by atoms with E-state index < -0.39 is 0 Å². The lowest BCUT2D eigenvalue weighted by Crippen LogP contribution is -2.24. The molecule has 2 aromatic carbocycles. The molecule has 0 fully saturated rings. The fourth-order valence-corrected chi connectivity index (χ4v) is 2.80. The normalized spacial score (nSPS) is 11.0. The summed E-state index contributed by atoms with van der Waals surface area (Å²) >= 11 is 3.43. The SMILES string of the molecule is CCCCc1nc2ccccc2c(=O)n1-c1ccc(Br)cc1. The molecule has 112 valence electrons.